The number of phenolic OH excluding ortho intramolecular Hbond substituents is 1. The van der Waals surface area contributed by atoms with Crippen molar-refractivity contribution in [2.75, 3.05) is 7.11 Å². The van der Waals surface area contributed by atoms with Gasteiger partial charge in [0.15, 0.2) is 11.6 Å². The van der Waals surface area contributed by atoms with Crippen molar-refractivity contribution in [3.8, 4) is 11.5 Å². The Balaban J connectivity index is 2.16. The largest absolute Gasteiger partial charge is 0.507 e. The van der Waals surface area contributed by atoms with Crippen LogP contribution in [0.1, 0.15) is 27.1 Å². The molecule has 0 aromatic heterocycles. The van der Waals surface area contributed by atoms with Gasteiger partial charge in [-0.05, 0) is 30.3 Å². The summed E-state index contributed by atoms with van der Waals surface area (Å²) in [6.45, 7) is 0. The number of ketones is 2. The molecule has 7 heteroatoms. The van der Waals surface area contributed by atoms with Gasteiger partial charge in [0.25, 0.3) is 5.69 Å². The van der Waals surface area contributed by atoms with Crippen LogP contribution in [-0.2, 0) is 0 Å². The van der Waals surface area contributed by atoms with Gasteiger partial charge < -0.3 is 9.84 Å². The van der Waals surface area contributed by atoms with Gasteiger partial charge in [0.1, 0.15) is 11.5 Å². The Morgan fingerprint density at radius 3 is 2.35 bits per heavy atom. The van der Waals surface area contributed by atoms with E-state index in [-0.39, 0.29) is 22.6 Å². The van der Waals surface area contributed by atoms with Gasteiger partial charge in [-0.15, -0.1) is 0 Å². The molecule has 0 aliphatic heterocycles. The number of nitrogens with zero attached hydrogens (tertiary/aromatic N) is 1. The number of nitro benzene ring substituents is 1. The zero-order valence-corrected chi connectivity index (χ0v) is 12.2. The number of hydrogen-bond acceptors (Lipinski definition) is 6. The minimum atomic E-state index is -0.576. The number of methoxy groups -OCH3 is 1. The highest BCUT2D eigenvalue weighted by Gasteiger charge is 2.18. The van der Waals surface area contributed by atoms with Gasteiger partial charge in [-0.1, -0.05) is 0 Å². The minimum Gasteiger partial charge on any atom is -0.507 e. The maximum absolute atomic E-state index is 12.1. The van der Waals surface area contributed by atoms with Gasteiger partial charge in [0.2, 0.25) is 0 Å². The number of ether oxygens (including phenoxy) is 1. The predicted molar refractivity (Wildman–Crippen MR) is 81.0 cm³/mol. The fourth-order valence-electron chi connectivity index (χ4n) is 1.98. The third-order valence-electron chi connectivity index (χ3n) is 3.23. The normalized spacial score (nSPS) is 10.1. The number of benzene rings is 2. The van der Waals surface area contributed by atoms with Crippen LogP contribution in [-0.4, -0.2) is 28.7 Å². The fourth-order valence-corrected chi connectivity index (χ4v) is 1.98. The summed E-state index contributed by atoms with van der Waals surface area (Å²) in [5, 5.41) is 20.3. The first kappa shape index (κ1) is 16.2. The molecule has 0 heterocycles. The van der Waals surface area contributed by atoms with E-state index in [9.17, 15) is 24.8 Å². The van der Waals surface area contributed by atoms with E-state index in [0.29, 0.717) is 5.75 Å². The van der Waals surface area contributed by atoms with Crippen molar-refractivity contribution in [1.29, 1.82) is 0 Å². The molecular formula is C16H13NO6. The number of Topliss-reactive ketones (excluding diaryl/α,β-unsaturated/α-hetero) is 2. The lowest BCUT2D eigenvalue weighted by Gasteiger charge is -2.06. The molecule has 0 atom stereocenters. The van der Waals surface area contributed by atoms with E-state index in [0.717, 1.165) is 0 Å². The van der Waals surface area contributed by atoms with E-state index < -0.39 is 22.9 Å². The molecule has 0 spiro atoms. The van der Waals surface area contributed by atoms with Gasteiger partial charge in [-0.25, -0.2) is 0 Å². The first-order chi connectivity index (χ1) is 10.9. The standard InChI is InChI=1S/C16H13NO6/c1-23-12-6-7-14(18)13(8-12)16(20)9-15(19)10-2-4-11(5-3-10)17(21)22/h2-8,18H,9H2,1H3. The third kappa shape index (κ3) is 3.70. The van der Waals surface area contributed by atoms with Crippen molar-refractivity contribution in [3.05, 3.63) is 63.7 Å². The molecule has 0 fully saturated rings. The summed E-state index contributed by atoms with van der Waals surface area (Å²) in [7, 11) is 1.42. The second-order valence-electron chi connectivity index (χ2n) is 4.71. The third-order valence-corrected chi connectivity index (χ3v) is 3.23. The fraction of sp³-hybridized carbons (Fsp3) is 0.125. The summed E-state index contributed by atoms with van der Waals surface area (Å²) in [4.78, 5) is 34.2. The van der Waals surface area contributed by atoms with Crippen LogP contribution in [0.15, 0.2) is 42.5 Å². The molecule has 0 saturated carbocycles. The van der Waals surface area contributed by atoms with E-state index in [1.54, 1.807) is 0 Å². The number of aromatic hydroxyl groups is 1. The minimum absolute atomic E-state index is 0.0142. The molecule has 2 aromatic rings. The van der Waals surface area contributed by atoms with Crippen LogP contribution >= 0.6 is 0 Å². The molecule has 118 valence electrons. The molecule has 7 nitrogen and oxygen atoms in total. The van der Waals surface area contributed by atoms with Gasteiger partial charge in [0, 0.05) is 17.7 Å². The highest BCUT2D eigenvalue weighted by molar-refractivity contribution is 6.14. The lowest BCUT2D eigenvalue weighted by molar-refractivity contribution is -0.384. The predicted octanol–water partition coefficient (Wildman–Crippen LogP) is 2.76. The Hall–Kier alpha value is -3.22. The Morgan fingerprint density at radius 2 is 1.78 bits per heavy atom. The molecule has 0 amide bonds. The zero-order chi connectivity index (χ0) is 17.0. The summed E-state index contributed by atoms with van der Waals surface area (Å²) in [5.41, 5.74) is 0.0317. The zero-order valence-electron chi connectivity index (χ0n) is 12.2. The highest BCUT2D eigenvalue weighted by Crippen LogP contribution is 2.24. The van der Waals surface area contributed by atoms with E-state index in [1.165, 1.54) is 49.6 Å². The number of carbonyl (C=O) groups excluding carboxylic acids is 2. The Morgan fingerprint density at radius 1 is 1.13 bits per heavy atom. The second kappa shape index (κ2) is 6.69. The van der Waals surface area contributed by atoms with Gasteiger partial charge >= 0.3 is 0 Å². The Bertz CT molecular complexity index is 767. The molecular weight excluding hydrogens is 302 g/mol. The van der Waals surface area contributed by atoms with Crippen LogP contribution < -0.4 is 4.74 Å². The topological polar surface area (TPSA) is 107 Å². The monoisotopic (exact) mass is 315 g/mol. The van der Waals surface area contributed by atoms with Crippen molar-refractivity contribution >= 4 is 17.3 Å². The van der Waals surface area contributed by atoms with Crippen LogP contribution in [0.5, 0.6) is 11.5 Å². The van der Waals surface area contributed by atoms with Crippen LogP contribution in [0.25, 0.3) is 0 Å². The van der Waals surface area contributed by atoms with Crippen molar-refractivity contribution in [3.63, 3.8) is 0 Å². The molecule has 1 N–H and O–H groups in total. The number of non-ortho nitro benzene ring substituents is 1. The maximum Gasteiger partial charge on any atom is 0.269 e. The quantitative estimate of drug-likeness (QED) is 0.380. The molecule has 0 bridgehead atoms. The number of nitro groups is 1. The first-order valence-corrected chi connectivity index (χ1v) is 6.60. The highest BCUT2D eigenvalue weighted by atomic mass is 16.6. The Kier molecular flexibility index (Phi) is 4.70. The van der Waals surface area contributed by atoms with E-state index in [2.05, 4.69) is 0 Å². The van der Waals surface area contributed by atoms with Crippen molar-refractivity contribution in [1.82, 2.24) is 0 Å². The molecule has 0 unspecified atom stereocenters. The number of carbonyl (C=O) groups is 2. The lowest BCUT2D eigenvalue weighted by atomic mass is 10.0. The molecule has 0 radical (unpaired) electrons. The first-order valence-electron chi connectivity index (χ1n) is 6.60. The summed E-state index contributed by atoms with van der Waals surface area (Å²) < 4.78 is 4.97. The molecule has 0 saturated heterocycles. The molecule has 2 aromatic carbocycles. The maximum atomic E-state index is 12.1. The summed E-state index contributed by atoms with van der Waals surface area (Å²) in [6.07, 6.45) is -0.460. The van der Waals surface area contributed by atoms with Crippen LogP contribution in [0, 0.1) is 10.1 Å². The van der Waals surface area contributed by atoms with E-state index >= 15 is 0 Å². The van der Waals surface area contributed by atoms with Crippen molar-refractivity contribution in [2.24, 2.45) is 0 Å². The summed E-state index contributed by atoms with van der Waals surface area (Å²) in [5.74, 6) is -0.918. The van der Waals surface area contributed by atoms with Gasteiger partial charge in [-0.3, -0.25) is 19.7 Å². The molecule has 0 aliphatic carbocycles. The van der Waals surface area contributed by atoms with E-state index in [1.807, 2.05) is 0 Å². The average molecular weight is 315 g/mol. The Labute approximate surface area is 131 Å². The van der Waals surface area contributed by atoms with Gasteiger partial charge in [-0.2, -0.15) is 0 Å². The average Bonchev–Trinajstić information content (AvgIpc) is 2.55. The number of rotatable bonds is 6. The van der Waals surface area contributed by atoms with Crippen molar-refractivity contribution < 1.29 is 24.4 Å². The van der Waals surface area contributed by atoms with Gasteiger partial charge in [0.05, 0.1) is 24.0 Å². The van der Waals surface area contributed by atoms with Crippen LogP contribution in [0.3, 0.4) is 0 Å². The molecule has 0 aliphatic rings. The molecule has 23 heavy (non-hydrogen) atoms. The SMILES string of the molecule is COc1ccc(O)c(C(=O)CC(=O)c2ccc([N+](=O)[O-])cc2)c1. The van der Waals surface area contributed by atoms with Crippen LogP contribution in [0.2, 0.25) is 0 Å². The lowest BCUT2D eigenvalue weighted by Crippen LogP contribution is -2.09. The number of phenols is 1. The van der Waals surface area contributed by atoms with Crippen molar-refractivity contribution in [2.45, 2.75) is 6.42 Å². The van der Waals surface area contributed by atoms with E-state index in [4.69, 9.17) is 4.74 Å². The van der Waals surface area contributed by atoms with Crippen LogP contribution in [0.4, 0.5) is 5.69 Å². The second-order valence-corrected chi connectivity index (χ2v) is 4.71. The summed E-state index contributed by atoms with van der Waals surface area (Å²) >= 11 is 0. The number of hydrogen-bond donors (Lipinski definition) is 1. The smallest absolute Gasteiger partial charge is 0.269 e. The summed E-state index contributed by atoms with van der Waals surface area (Å²) in [6, 6.07) is 9.12. The molecule has 2 rings (SSSR count).